The van der Waals surface area contributed by atoms with Crippen LogP contribution in [0.2, 0.25) is 0 Å². The number of hydrogen-bond donors (Lipinski definition) is 1. The van der Waals surface area contributed by atoms with Crippen LogP contribution in [0.1, 0.15) is 22.3 Å². The first-order chi connectivity index (χ1) is 17.5. The molecule has 2 amide bonds. The fourth-order valence-corrected chi connectivity index (χ4v) is 4.65. The second-order valence-corrected chi connectivity index (χ2v) is 9.10. The third kappa shape index (κ3) is 6.11. The van der Waals surface area contributed by atoms with Gasteiger partial charge in [-0.25, -0.2) is 9.79 Å². The number of para-hydroxylation sites is 1. The molecule has 0 aliphatic carbocycles. The normalized spacial score (nSPS) is 16.5. The maximum absolute atomic E-state index is 13.2. The van der Waals surface area contributed by atoms with Gasteiger partial charge >= 0.3 is 5.97 Å². The van der Waals surface area contributed by atoms with Gasteiger partial charge in [-0.3, -0.25) is 14.5 Å². The summed E-state index contributed by atoms with van der Waals surface area (Å²) >= 11 is 1.25. The molecule has 1 aliphatic heterocycles. The number of carbonyl (C=O) groups is 3. The minimum Gasteiger partial charge on any atom is -0.497 e. The number of nitrogens with one attached hydrogen (secondary N) is 1. The summed E-state index contributed by atoms with van der Waals surface area (Å²) in [6.45, 7) is 0.324. The molecule has 1 fully saturated rings. The van der Waals surface area contributed by atoms with Gasteiger partial charge in [0.15, 0.2) is 5.17 Å². The first kappa shape index (κ1) is 25.0. The maximum Gasteiger partial charge on any atom is 0.337 e. The second kappa shape index (κ2) is 11.5. The van der Waals surface area contributed by atoms with Crippen molar-refractivity contribution in [1.29, 1.82) is 0 Å². The van der Waals surface area contributed by atoms with Crippen molar-refractivity contribution in [2.45, 2.75) is 18.2 Å². The monoisotopic (exact) mass is 503 g/mol. The predicted octanol–water partition coefficient (Wildman–Crippen LogP) is 4.64. The molecule has 0 spiro atoms. The summed E-state index contributed by atoms with van der Waals surface area (Å²) in [6, 6.07) is 23.2. The van der Waals surface area contributed by atoms with Crippen LogP contribution in [0.3, 0.4) is 0 Å². The summed E-state index contributed by atoms with van der Waals surface area (Å²) in [4.78, 5) is 44.2. The largest absolute Gasteiger partial charge is 0.497 e. The molecule has 1 N–H and O–H groups in total. The van der Waals surface area contributed by atoms with Gasteiger partial charge < -0.3 is 14.8 Å². The van der Waals surface area contributed by atoms with Crippen LogP contribution in [0.5, 0.6) is 5.75 Å². The lowest BCUT2D eigenvalue weighted by atomic mass is 10.1. The maximum atomic E-state index is 13.2. The van der Waals surface area contributed by atoms with E-state index in [1.807, 2.05) is 54.6 Å². The van der Waals surface area contributed by atoms with Gasteiger partial charge in [-0.2, -0.15) is 0 Å². The molecular weight excluding hydrogens is 478 g/mol. The van der Waals surface area contributed by atoms with E-state index in [9.17, 15) is 14.4 Å². The Labute approximate surface area is 213 Å². The third-order valence-electron chi connectivity index (χ3n) is 5.49. The number of carbonyl (C=O) groups excluding carboxylic acids is 3. The number of rotatable bonds is 7. The van der Waals surface area contributed by atoms with Crippen LogP contribution in [0.15, 0.2) is 83.9 Å². The molecule has 3 aromatic rings. The van der Waals surface area contributed by atoms with Gasteiger partial charge in [0.05, 0.1) is 32.0 Å². The number of benzene rings is 3. The van der Waals surface area contributed by atoms with Crippen molar-refractivity contribution in [1.82, 2.24) is 4.90 Å². The standard InChI is InChI=1S/C27H25N3O5S/c1-34-22-14-8-18(9-15-22)17-30-24(31)16-23(36-27(30)29-20-6-4-3-5-7-20)25(32)28-21-12-10-19(11-13-21)26(33)35-2/h3-15,23H,16-17H2,1-2H3,(H,28,32)/t23-/m1/s1. The van der Waals surface area contributed by atoms with E-state index in [2.05, 4.69) is 10.3 Å². The van der Waals surface area contributed by atoms with Crippen molar-refractivity contribution in [3.8, 4) is 5.75 Å². The highest BCUT2D eigenvalue weighted by molar-refractivity contribution is 8.15. The minimum atomic E-state index is -0.660. The number of anilines is 1. The topological polar surface area (TPSA) is 97.3 Å². The Morgan fingerprint density at radius 1 is 1.00 bits per heavy atom. The molecule has 1 atom stereocenters. The van der Waals surface area contributed by atoms with E-state index in [0.29, 0.717) is 28.7 Å². The van der Waals surface area contributed by atoms with E-state index in [-0.39, 0.29) is 18.2 Å². The molecule has 1 saturated heterocycles. The summed E-state index contributed by atoms with van der Waals surface area (Å²) in [5.41, 5.74) is 2.50. The molecule has 9 heteroatoms. The molecule has 1 heterocycles. The van der Waals surface area contributed by atoms with E-state index in [4.69, 9.17) is 9.47 Å². The lowest BCUT2D eigenvalue weighted by Gasteiger charge is -2.32. The van der Waals surface area contributed by atoms with Crippen LogP contribution in [-0.4, -0.2) is 47.3 Å². The molecule has 4 rings (SSSR count). The highest BCUT2D eigenvalue weighted by Gasteiger charge is 2.36. The fraction of sp³-hybridized carbons (Fsp3) is 0.185. The van der Waals surface area contributed by atoms with Crippen LogP contribution in [0, 0.1) is 0 Å². The Morgan fingerprint density at radius 3 is 2.33 bits per heavy atom. The zero-order valence-corrected chi connectivity index (χ0v) is 20.7. The average Bonchev–Trinajstić information content (AvgIpc) is 2.91. The van der Waals surface area contributed by atoms with Crippen LogP contribution in [0.4, 0.5) is 11.4 Å². The number of ether oxygens (including phenoxy) is 2. The molecule has 36 heavy (non-hydrogen) atoms. The summed E-state index contributed by atoms with van der Waals surface area (Å²) in [6.07, 6.45) is 0.0285. The fourth-order valence-electron chi connectivity index (χ4n) is 3.55. The van der Waals surface area contributed by atoms with Crippen LogP contribution in [-0.2, 0) is 20.9 Å². The van der Waals surface area contributed by atoms with Gasteiger partial charge in [0.2, 0.25) is 11.8 Å². The second-order valence-electron chi connectivity index (χ2n) is 7.93. The minimum absolute atomic E-state index is 0.0285. The predicted molar refractivity (Wildman–Crippen MR) is 139 cm³/mol. The Balaban J connectivity index is 1.53. The third-order valence-corrected chi connectivity index (χ3v) is 6.67. The molecule has 0 bridgehead atoms. The quantitative estimate of drug-likeness (QED) is 0.472. The van der Waals surface area contributed by atoms with Gasteiger partial charge in [-0.05, 0) is 54.1 Å². The lowest BCUT2D eigenvalue weighted by Crippen LogP contribution is -2.44. The van der Waals surface area contributed by atoms with Crippen LogP contribution >= 0.6 is 11.8 Å². The number of thioether (sulfide) groups is 1. The molecule has 184 valence electrons. The number of amides is 2. The van der Waals surface area contributed by atoms with Crippen molar-refractivity contribution >= 4 is 46.1 Å². The molecular formula is C27H25N3O5S. The first-order valence-corrected chi connectivity index (χ1v) is 12.1. The van der Waals surface area contributed by atoms with Crippen molar-refractivity contribution < 1.29 is 23.9 Å². The molecule has 0 unspecified atom stereocenters. The summed E-state index contributed by atoms with van der Waals surface area (Å²) < 4.78 is 9.92. The number of amidine groups is 1. The Kier molecular flexibility index (Phi) is 8.02. The van der Waals surface area contributed by atoms with E-state index in [0.717, 1.165) is 11.3 Å². The number of esters is 1. The Morgan fingerprint density at radius 2 is 1.69 bits per heavy atom. The van der Waals surface area contributed by atoms with Gasteiger partial charge in [-0.1, -0.05) is 42.1 Å². The zero-order chi connectivity index (χ0) is 25.5. The highest BCUT2D eigenvalue weighted by Crippen LogP contribution is 2.31. The smallest absolute Gasteiger partial charge is 0.337 e. The Hall–Kier alpha value is -4.11. The van der Waals surface area contributed by atoms with Gasteiger partial charge in [0.25, 0.3) is 0 Å². The molecule has 0 aromatic heterocycles. The highest BCUT2D eigenvalue weighted by atomic mass is 32.2. The van der Waals surface area contributed by atoms with Crippen molar-refractivity contribution in [3.63, 3.8) is 0 Å². The van der Waals surface area contributed by atoms with Gasteiger partial charge in [0.1, 0.15) is 11.0 Å². The molecule has 1 aliphatic rings. The van der Waals surface area contributed by atoms with Crippen molar-refractivity contribution in [2.75, 3.05) is 19.5 Å². The van der Waals surface area contributed by atoms with E-state index in [1.165, 1.54) is 18.9 Å². The summed E-state index contributed by atoms with van der Waals surface area (Å²) in [5.74, 6) is -0.239. The van der Waals surface area contributed by atoms with Crippen LogP contribution < -0.4 is 10.1 Å². The summed E-state index contributed by atoms with van der Waals surface area (Å²) in [5, 5.41) is 2.62. The zero-order valence-electron chi connectivity index (χ0n) is 19.8. The summed E-state index contributed by atoms with van der Waals surface area (Å²) in [7, 11) is 2.91. The van der Waals surface area contributed by atoms with Crippen LogP contribution in [0.25, 0.3) is 0 Å². The van der Waals surface area contributed by atoms with E-state index in [1.54, 1.807) is 36.3 Å². The Bertz CT molecular complexity index is 1260. The number of nitrogens with zero attached hydrogens (tertiary/aromatic N) is 2. The van der Waals surface area contributed by atoms with Crippen molar-refractivity contribution in [2.24, 2.45) is 4.99 Å². The van der Waals surface area contributed by atoms with Gasteiger partial charge in [-0.15, -0.1) is 0 Å². The molecule has 0 saturated carbocycles. The van der Waals surface area contributed by atoms with E-state index >= 15 is 0 Å². The van der Waals surface area contributed by atoms with Crippen molar-refractivity contribution in [3.05, 3.63) is 90.0 Å². The molecule has 3 aromatic carbocycles. The number of methoxy groups -OCH3 is 2. The molecule has 0 radical (unpaired) electrons. The van der Waals surface area contributed by atoms with Gasteiger partial charge in [0, 0.05) is 12.1 Å². The number of hydrogen-bond acceptors (Lipinski definition) is 7. The average molecular weight is 504 g/mol. The van der Waals surface area contributed by atoms with E-state index < -0.39 is 11.2 Å². The number of aliphatic imine (C=N–C) groups is 1. The SMILES string of the molecule is COC(=O)c1ccc(NC(=O)[C@H]2CC(=O)N(Cc3ccc(OC)cc3)C(=Nc3ccccc3)S2)cc1. The first-order valence-electron chi connectivity index (χ1n) is 11.2. The lowest BCUT2D eigenvalue weighted by molar-refractivity contribution is -0.129. The molecule has 8 nitrogen and oxygen atoms in total.